The smallest absolute Gasteiger partial charge is 0.253 e. The van der Waals surface area contributed by atoms with Crippen molar-refractivity contribution >= 4 is 23.1 Å². The fourth-order valence-corrected chi connectivity index (χ4v) is 1.78. The van der Waals surface area contributed by atoms with Crippen molar-refractivity contribution in [2.24, 2.45) is 11.7 Å². The Morgan fingerprint density at radius 1 is 1.53 bits per heavy atom. The Morgan fingerprint density at radius 2 is 2.16 bits per heavy atom. The first kappa shape index (κ1) is 15.4. The number of rotatable bonds is 5. The van der Waals surface area contributed by atoms with E-state index in [0.29, 0.717) is 23.6 Å². The molecule has 0 fully saturated rings. The Kier molecular flexibility index (Phi) is 5.30. The average molecular weight is 280 g/mol. The zero-order chi connectivity index (χ0) is 14.6. The number of phenols is 1. The predicted octanol–water partition coefficient (Wildman–Crippen LogP) is 2.08. The molecule has 1 amide bonds. The molecule has 0 saturated carbocycles. The average Bonchev–Trinajstić information content (AvgIpc) is 2.37. The van der Waals surface area contributed by atoms with E-state index in [1.165, 1.54) is 6.07 Å². The van der Waals surface area contributed by atoms with Crippen molar-refractivity contribution in [1.82, 2.24) is 4.90 Å². The van der Waals surface area contributed by atoms with Crippen LogP contribution in [0.2, 0.25) is 0 Å². The third-order valence-corrected chi connectivity index (χ3v) is 3.51. The highest BCUT2D eigenvalue weighted by atomic mass is 32.1. The second-order valence-electron chi connectivity index (χ2n) is 4.65. The second kappa shape index (κ2) is 6.52. The van der Waals surface area contributed by atoms with Crippen LogP contribution in [0.4, 0.5) is 0 Å². The van der Waals surface area contributed by atoms with Crippen molar-refractivity contribution < 1.29 is 9.90 Å². The fourth-order valence-electron chi connectivity index (χ4n) is 1.70. The van der Waals surface area contributed by atoms with E-state index >= 15 is 0 Å². The van der Waals surface area contributed by atoms with Crippen LogP contribution in [0, 0.1) is 12.8 Å². The lowest BCUT2D eigenvalue weighted by molar-refractivity contribution is 0.0754. The lowest BCUT2D eigenvalue weighted by Gasteiger charge is -2.24. The van der Waals surface area contributed by atoms with Gasteiger partial charge < -0.3 is 15.7 Å². The molecule has 0 radical (unpaired) electrons. The van der Waals surface area contributed by atoms with E-state index in [1.807, 2.05) is 13.8 Å². The van der Waals surface area contributed by atoms with Crippen molar-refractivity contribution in [3.8, 4) is 5.75 Å². The first-order chi connectivity index (χ1) is 8.86. The van der Waals surface area contributed by atoms with Gasteiger partial charge in [-0.3, -0.25) is 4.79 Å². The van der Waals surface area contributed by atoms with Gasteiger partial charge in [-0.1, -0.05) is 25.2 Å². The van der Waals surface area contributed by atoms with E-state index in [1.54, 1.807) is 24.0 Å². The third kappa shape index (κ3) is 3.92. The Labute approximate surface area is 119 Å². The van der Waals surface area contributed by atoms with Crippen molar-refractivity contribution in [3.05, 3.63) is 29.3 Å². The highest BCUT2D eigenvalue weighted by molar-refractivity contribution is 7.80. The molecule has 0 aliphatic carbocycles. The number of nitrogens with zero attached hydrogens (tertiary/aromatic N) is 1. The molecule has 0 aromatic heterocycles. The Balaban J connectivity index is 2.89. The molecule has 19 heavy (non-hydrogen) atoms. The highest BCUT2D eigenvalue weighted by Crippen LogP contribution is 2.19. The maximum absolute atomic E-state index is 12.3. The summed E-state index contributed by atoms with van der Waals surface area (Å²) in [6.07, 6.45) is 0. The molecule has 0 bridgehead atoms. The summed E-state index contributed by atoms with van der Waals surface area (Å²) >= 11 is 4.93. The quantitative estimate of drug-likeness (QED) is 0.810. The van der Waals surface area contributed by atoms with Crippen LogP contribution in [0.1, 0.15) is 29.8 Å². The van der Waals surface area contributed by atoms with Crippen molar-refractivity contribution in [2.75, 3.05) is 13.1 Å². The predicted molar refractivity (Wildman–Crippen MR) is 80.4 cm³/mol. The molecule has 1 rings (SSSR count). The summed E-state index contributed by atoms with van der Waals surface area (Å²) in [7, 11) is 0. The van der Waals surface area contributed by atoms with Gasteiger partial charge >= 0.3 is 0 Å². The lowest BCUT2D eigenvalue weighted by atomic mass is 10.1. The molecule has 4 nitrogen and oxygen atoms in total. The standard InChI is InChI=1S/C14H20N2O2S/c1-4-16(8-10(3)13(15)19)14(18)11-6-5-9(2)12(17)7-11/h5-7,10,17H,4,8H2,1-3H3,(H2,15,19). The third-order valence-electron chi connectivity index (χ3n) is 3.10. The number of hydrogen-bond acceptors (Lipinski definition) is 3. The summed E-state index contributed by atoms with van der Waals surface area (Å²) in [4.78, 5) is 14.4. The zero-order valence-electron chi connectivity index (χ0n) is 11.5. The largest absolute Gasteiger partial charge is 0.508 e. The highest BCUT2D eigenvalue weighted by Gasteiger charge is 2.18. The van der Waals surface area contributed by atoms with Crippen molar-refractivity contribution in [2.45, 2.75) is 20.8 Å². The first-order valence-electron chi connectivity index (χ1n) is 6.25. The van der Waals surface area contributed by atoms with Gasteiger partial charge in [-0.2, -0.15) is 0 Å². The van der Waals surface area contributed by atoms with E-state index in [9.17, 15) is 9.90 Å². The molecule has 0 aliphatic heterocycles. The molecular formula is C14H20N2O2S. The summed E-state index contributed by atoms with van der Waals surface area (Å²) in [5, 5.41) is 9.66. The minimum Gasteiger partial charge on any atom is -0.508 e. The van der Waals surface area contributed by atoms with Crippen LogP contribution in [0.3, 0.4) is 0 Å². The SMILES string of the molecule is CCN(CC(C)C(N)=S)C(=O)c1ccc(C)c(O)c1. The molecule has 1 aromatic carbocycles. The maximum atomic E-state index is 12.3. The van der Waals surface area contributed by atoms with Gasteiger partial charge in [0.05, 0.1) is 4.99 Å². The first-order valence-corrected chi connectivity index (χ1v) is 6.65. The summed E-state index contributed by atoms with van der Waals surface area (Å²) in [6.45, 7) is 6.64. The molecule has 1 aromatic rings. The van der Waals surface area contributed by atoms with Gasteiger partial charge in [0.2, 0.25) is 0 Å². The number of aryl methyl sites for hydroxylation is 1. The summed E-state index contributed by atoms with van der Waals surface area (Å²) < 4.78 is 0. The van der Waals surface area contributed by atoms with Gasteiger partial charge in [-0.25, -0.2) is 0 Å². The molecule has 1 atom stereocenters. The number of thiocarbonyl (C=S) groups is 1. The minimum atomic E-state index is -0.124. The number of amides is 1. The van der Waals surface area contributed by atoms with Gasteiger partial charge in [0.15, 0.2) is 0 Å². The van der Waals surface area contributed by atoms with Gasteiger partial charge in [-0.15, -0.1) is 0 Å². The topological polar surface area (TPSA) is 66.6 Å². The molecule has 3 N–H and O–H groups in total. The van der Waals surface area contributed by atoms with Crippen LogP contribution >= 0.6 is 12.2 Å². The summed E-state index contributed by atoms with van der Waals surface area (Å²) in [6, 6.07) is 4.94. The normalized spacial score (nSPS) is 11.9. The number of nitrogens with two attached hydrogens (primary N) is 1. The number of carbonyl (C=O) groups is 1. The van der Waals surface area contributed by atoms with Crippen molar-refractivity contribution in [3.63, 3.8) is 0 Å². The van der Waals surface area contributed by atoms with Crippen LogP contribution in [0.25, 0.3) is 0 Å². The number of phenolic OH excluding ortho intramolecular Hbond substituents is 1. The Hall–Kier alpha value is -1.62. The number of aromatic hydroxyl groups is 1. The molecule has 0 spiro atoms. The molecular weight excluding hydrogens is 260 g/mol. The molecule has 104 valence electrons. The van der Waals surface area contributed by atoms with E-state index in [0.717, 1.165) is 5.56 Å². The number of hydrogen-bond donors (Lipinski definition) is 2. The van der Waals surface area contributed by atoms with E-state index in [-0.39, 0.29) is 17.6 Å². The van der Waals surface area contributed by atoms with E-state index < -0.39 is 0 Å². The second-order valence-corrected chi connectivity index (χ2v) is 5.12. The molecule has 0 saturated heterocycles. The molecule has 0 heterocycles. The van der Waals surface area contributed by atoms with Gasteiger partial charge in [0, 0.05) is 24.6 Å². The number of carbonyl (C=O) groups excluding carboxylic acids is 1. The monoisotopic (exact) mass is 280 g/mol. The molecule has 1 unspecified atom stereocenters. The van der Waals surface area contributed by atoms with Crippen LogP contribution < -0.4 is 5.73 Å². The van der Waals surface area contributed by atoms with Gasteiger partial charge in [0.1, 0.15) is 5.75 Å². The van der Waals surface area contributed by atoms with Gasteiger partial charge in [-0.05, 0) is 31.5 Å². The van der Waals surface area contributed by atoms with Crippen LogP contribution in [0.5, 0.6) is 5.75 Å². The van der Waals surface area contributed by atoms with Crippen molar-refractivity contribution in [1.29, 1.82) is 0 Å². The summed E-state index contributed by atoms with van der Waals surface area (Å²) in [5.74, 6) is -0.0249. The number of benzene rings is 1. The van der Waals surface area contributed by atoms with Crippen LogP contribution in [0.15, 0.2) is 18.2 Å². The van der Waals surface area contributed by atoms with E-state index in [2.05, 4.69) is 0 Å². The lowest BCUT2D eigenvalue weighted by Crippen LogP contribution is -2.38. The Morgan fingerprint density at radius 3 is 2.63 bits per heavy atom. The maximum Gasteiger partial charge on any atom is 0.253 e. The zero-order valence-corrected chi connectivity index (χ0v) is 12.3. The minimum absolute atomic E-state index is 0.0297. The van der Waals surface area contributed by atoms with Gasteiger partial charge in [0.25, 0.3) is 5.91 Å². The summed E-state index contributed by atoms with van der Waals surface area (Å²) in [5.41, 5.74) is 6.79. The molecule has 5 heteroatoms. The van der Waals surface area contributed by atoms with E-state index in [4.69, 9.17) is 18.0 Å². The fraction of sp³-hybridized carbons (Fsp3) is 0.429. The van der Waals surface area contributed by atoms with Crippen LogP contribution in [-0.2, 0) is 0 Å². The van der Waals surface area contributed by atoms with Crippen LogP contribution in [-0.4, -0.2) is 34.0 Å². The molecule has 0 aliphatic rings. The Bertz CT molecular complexity index is 488.